The molecule has 1 heterocycles. The summed E-state index contributed by atoms with van der Waals surface area (Å²) in [5.41, 5.74) is 0. The van der Waals surface area contributed by atoms with Crippen LogP contribution in [0.3, 0.4) is 0 Å². The van der Waals surface area contributed by atoms with Crippen molar-refractivity contribution in [2.75, 3.05) is 0 Å². The molecule has 0 unspecified atom stereocenters. The first-order chi connectivity index (χ1) is 8.25. The van der Waals surface area contributed by atoms with Crippen molar-refractivity contribution in [3.05, 3.63) is 5.82 Å². The van der Waals surface area contributed by atoms with E-state index in [-0.39, 0.29) is 12.3 Å². The molecule has 0 spiro atoms. The fourth-order valence-corrected chi connectivity index (χ4v) is 2.24. The molecule has 0 radical (unpaired) electrons. The van der Waals surface area contributed by atoms with Gasteiger partial charge in [-0.3, -0.25) is 4.79 Å². The number of aryl methyl sites for hydroxylation is 1. The number of nitrogens with one attached hydrogen (secondary N) is 1. The summed E-state index contributed by atoms with van der Waals surface area (Å²) in [6, 6.07) is 0.339. The van der Waals surface area contributed by atoms with Crippen molar-refractivity contribution in [3.8, 4) is 0 Å². The summed E-state index contributed by atoms with van der Waals surface area (Å²) in [7, 11) is 1.74. The van der Waals surface area contributed by atoms with E-state index in [2.05, 4.69) is 20.8 Å². The monoisotopic (exact) mass is 237 g/mol. The van der Waals surface area contributed by atoms with Crippen LogP contribution in [0.5, 0.6) is 0 Å². The number of tetrazole rings is 1. The Hall–Kier alpha value is -1.46. The first-order valence-corrected chi connectivity index (χ1v) is 6.26. The molecular formula is C11H19N5O. The lowest BCUT2D eigenvalue weighted by Gasteiger charge is -2.15. The molecule has 0 aliphatic heterocycles. The van der Waals surface area contributed by atoms with Crippen LogP contribution in [0.25, 0.3) is 0 Å². The van der Waals surface area contributed by atoms with Gasteiger partial charge in [-0.25, -0.2) is 4.68 Å². The molecule has 1 aromatic rings. The van der Waals surface area contributed by atoms with Gasteiger partial charge in [-0.15, -0.1) is 5.10 Å². The number of hydrogen-bond donors (Lipinski definition) is 1. The molecule has 0 bridgehead atoms. The summed E-state index contributed by atoms with van der Waals surface area (Å²) in [4.78, 5) is 11.8. The van der Waals surface area contributed by atoms with Gasteiger partial charge in [0.15, 0.2) is 5.82 Å². The Bertz CT molecular complexity index is 368. The first-order valence-electron chi connectivity index (χ1n) is 6.26. The molecule has 6 heteroatoms. The lowest BCUT2D eigenvalue weighted by molar-refractivity contribution is -0.121. The van der Waals surface area contributed by atoms with E-state index in [0.717, 1.165) is 12.8 Å². The van der Waals surface area contributed by atoms with Gasteiger partial charge in [-0.2, -0.15) is 0 Å². The van der Waals surface area contributed by atoms with Gasteiger partial charge in [0.2, 0.25) is 5.91 Å². The Kier molecular flexibility index (Phi) is 4.06. The third kappa shape index (κ3) is 3.51. The molecule has 0 atom stereocenters. The molecule has 1 amide bonds. The first kappa shape index (κ1) is 12.0. The topological polar surface area (TPSA) is 72.7 Å². The van der Waals surface area contributed by atoms with Gasteiger partial charge in [0.1, 0.15) is 0 Å². The second-order valence-corrected chi connectivity index (χ2v) is 4.65. The second-order valence-electron chi connectivity index (χ2n) is 4.65. The van der Waals surface area contributed by atoms with Crippen molar-refractivity contribution in [1.82, 2.24) is 25.5 Å². The predicted molar refractivity (Wildman–Crippen MR) is 62.1 cm³/mol. The minimum Gasteiger partial charge on any atom is -0.353 e. The maximum atomic E-state index is 11.8. The van der Waals surface area contributed by atoms with E-state index in [4.69, 9.17) is 0 Å². The fraction of sp³-hybridized carbons (Fsp3) is 0.818. The number of nitrogens with zero attached hydrogens (tertiary/aromatic N) is 4. The van der Waals surface area contributed by atoms with E-state index in [1.165, 1.54) is 30.4 Å². The molecule has 1 saturated carbocycles. The van der Waals surface area contributed by atoms with Gasteiger partial charge in [0.05, 0.1) is 6.42 Å². The van der Waals surface area contributed by atoms with Crippen molar-refractivity contribution in [2.45, 2.75) is 51.0 Å². The van der Waals surface area contributed by atoms with Gasteiger partial charge in [0, 0.05) is 13.1 Å². The van der Waals surface area contributed by atoms with Crippen LogP contribution in [0.15, 0.2) is 0 Å². The Balaban J connectivity index is 1.82. The summed E-state index contributed by atoms with van der Waals surface area (Å²) >= 11 is 0. The molecule has 6 nitrogen and oxygen atoms in total. The Morgan fingerprint density at radius 3 is 2.65 bits per heavy atom. The zero-order valence-corrected chi connectivity index (χ0v) is 10.2. The molecule has 1 N–H and O–H groups in total. The molecular weight excluding hydrogens is 218 g/mol. The molecule has 0 saturated heterocycles. The van der Waals surface area contributed by atoms with Crippen molar-refractivity contribution in [1.29, 1.82) is 0 Å². The number of carbonyl (C=O) groups excluding carboxylic acids is 1. The number of aromatic nitrogens is 4. The molecule has 17 heavy (non-hydrogen) atoms. The smallest absolute Gasteiger partial charge is 0.227 e. The summed E-state index contributed by atoms with van der Waals surface area (Å²) in [5, 5.41) is 14.1. The average molecular weight is 237 g/mol. The Morgan fingerprint density at radius 2 is 2.06 bits per heavy atom. The summed E-state index contributed by atoms with van der Waals surface area (Å²) in [6.45, 7) is 0. The van der Waals surface area contributed by atoms with Crippen LogP contribution in [0.1, 0.15) is 44.3 Å². The number of amides is 1. The lowest BCUT2D eigenvalue weighted by Crippen LogP contribution is -2.35. The minimum absolute atomic E-state index is 0.0230. The van der Waals surface area contributed by atoms with Crippen LogP contribution in [0, 0.1) is 0 Å². The quantitative estimate of drug-likeness (QED) is 0.781. The SMILES string of the molecule is Cn1nnnc1CC(=O)NC1CCCCCC1. The van der Waals surface area contributed by atoms with Gasteiger partial charge >= 0.3 is 0 Å². The molecule has 2 rings (SSSR count). The zero-order valence-electron chi connectivity index (χ0n) is 10.2. The number of rotatable bonds is 3. The van der Waals surface area contributed by atoms with Gasteiger partial charge in [0.25, 0.3) is 0 Å². The molecule has 0 aromatic carbocycles. The maximum Gasteiger partial charge on any atom is 0.227 e. The van der Waals surface area contributed by atoms with Crippen LogP contribution in [-0.2, 0) is 18.3 Å². The van der Waals surface area contributed by atoms with Crippen LogP contribution in [0.2, 0.25) is 0 Å². The highest BCUT2D eigenvalue weighted by molar-refractivity contribution is 5.78. The molecule has 94 valence electrons. The highest BCUT2D eigenvalue weighted by atomic mass is 16.1. The summed E-state index contributed by atoms with van der Waals surface area (Å²) in [5.74, 6) is 0.630. The average Bonchev–Trinajstić information content (AvgIpc) is 2.55. The van der Waals surface area contributed by atoms with E-state index in [1.54, 1.807) is 7.05 Å². The maximum absolute atomic E-state index is 11.8. The predicted octanol–water partition coefficient (Wildman–Crippen LogP) is 0.592. The number of hydrogen-bond acceptors (Lipinski definition) is 4. The van der Waals surface area contributed by atoms with E-state index >= 15 is 0 Å². The van der Waals surface area contributed by atoms with Crippen LogP contribution < -0.4 is 5.32 Å². The van der Waals surface area contributed by atoms with Crippen LogP contribution >= 0.6 is 0 Å². The Labute approximate surface area is 101 Å². The highest BCUT2D eigenvalue weighted by Gasteiger charge is 2.16. The van der Waals surface area contributed by atoms with Gasteiger partial charge in [-0.1, -0.05) is 25.7 Å². The molecule has 1 fully saturated rings. The minimum atomic E-state index is 0.0230. The summed E-state index contributed by atoms with van der Waals surface area (Å²) in [6.07, 6.45) is 7.48. The second kappa shape index (κ2) is 5.75. The lowest BCUT2D eigenvalue weighted by atomic mass is 10.1. The van der Waals surface area contributed by atoms with E-state index < -0.39 is 0 Å². The largest absolute Gasteiger partial charge is 0.353 e. The van der Waals surface area contributed by atoms with Crippen molar-refractivity contribution < 1.29 is 4.79 Å². The third-order valence-corrected chi connectivity index (χ3v) is 3.25. The van der Waals surface area contributed by atoms with Crippen molar-refractivity contribution in [3.63, 3.8) is 0 Å². The van der Waals surface area contributed by atoms with Crippen molar-refractivity contribution in [2.24, 2.45) is 7.05 Å². The zero-order chi connectivity index (χ0) is 12.1. The standard InChI is InChI=1S/C11H19N5O/c1-16-10(13-14-15-16)8-11(17)12-9-6-4-2-3-5-7-9/h9H,2-8H2,1H3,(H,12,17). The van der Waals surface area contributed by atoms with E-state index in [1.807, 2.05) is 0 Å². The Morgan fingerprint density at radius 1 is 1.35 bits per heavy atom. The van der Waals surface area contributed by atoms with Crippen molar-refractivity contribution >= 4 is 5.91 Å². The van der Waals surface area contributed by atoms with E-state index in [9.17, 15) is 4.79 Å². The third-order valence-electron chi connectivity index (χ3n) is 3.25. The van der Waals surface area contributed by atoms with Crippen LogP contribution in [0.4, 0.5) is 0 Å². The van der Waals surface area contributed by atoms with Gasteiger partial charge in [-0.05, 0) is 23.3 Å². The normalized spacial score (nSPS) is 17.7. The highest BCUT2D eigenvalue weighted by Crippen LogP contribution is 2.17. The molecule has 1 aliphatic rings. The van der Waals surface area contributed by atoms with E-state index in [0.29, 0.717) is 11.9 Å². The molecule has 1 aromatic heterocycles. The fourth-order valence-electron chi connectivity index (χ4n) is 2.24. The van der Waals surface area contributed by atoms with Gasteiger partial charge < -0.3 is 5.32 Å². The van der Waals surface area contributed by atoms with Crippen LogP contribution in [-0.4, -0.2) is 32.2 Å². The summed E-state index contributed by atoms with van der Waals surface area (Å²) < 4.78 is 1.53. The molecule has 1 aliphatic carbocycles. The number of carbonyl (C=O) groups is 1.